The minimum Gasteiger partial charge on any atom is -0.497 e. The van der Waals surface area contributed by atoms with Gasteiger partial charge in [0, 0.05) is 38.3 Å². The van der Waals surface area contributed by atoms with Crippen LogP contribution < -0.4 is 15.2 Å². The second-order valence-corrected chi connectivity index (χ2v) is 6.04. The fraction of sp³-hybridized carbons (Fsp3) is 0.529. The van der Waals surface area contributed by atoms with Crippen molar-refractivity contribution in [1.82, 2.24) is 19.9 Å². The van der Waals surface area contributed by atoms with Gasteiger partial charge < -0.3 is 19.7 Å². The lowest BCUT2D eigenvalue weighted by Crippen LogP contribution is -2.45. The summed E-state index contributed by atoms with van der Waals surface area (Å²) in [4.78, 5) is 9.00. The maximum atomic E-state index is 5.50. The van der Waals surface area contributed by atoms with Gasteiger partial charge in [-0.2, -0.15) is 4.98 Å². The van der Waals surface area contributed by atoms with Gasteiger partial charge in [0.05, 0.1) is 27.3 Å². The van der Waals surface area contributed by atoms with Crippen LogP contribution in [0.2, 0.25) is 0 Å². The Hall–Kier alpha value is -1.58. The van der Waals surface area contributed by atoms with Crippen LogP contribution in [0.5, 0.6) is 11.5 Å². The summed E-state index contributed by atoms with van der Waals surface area (Å²) in [5.41, 5.74) is 6.64. The topological polar surface area (TPSA) is 89.9 Å². The molecule has 1 saturated heterocycles. The molecule has 1 aliphatic rings. The normalized spacial score (nSPS) is 14.9. The van der Waals surface area contributed by atoms with Crippen LogP contribution >= 0.6 is 24.8 Å². The molecular formula is C17H27Cl2N5O3. The van der Waals surface area contributed by atoms with Crippen molar-refractivity contribution >= 4 is 24.8 Å². The van der Waals surface area contributed by atoms with Crippen LogP contribution in [0.3, 0.4) is 0 Å². The zero-order valence-electron chi connectivity index (χ0n) is 15.6. The molecule has 0 spiro atoms. The van der Waals surface area contributed by atoms with Crippen LogP contribution in [-0.2, 0) is 19.6 Å². The number of benzene rings is 1. The van der Waals surface area contributed by atoms with E-state index < -0.39 is 0 Å². The van der Waals surface area contributed by atoms with E-state index in [1.807, 2.05) is 18.2 Å². The molecule has 2 heterocycles. The summed E-state index contributed by atoms with van der Waals surface area (Å²) < 4.78 is 15.8. The molecule has 1 aromatic carbocycles. The molecule has 0 saturated carbocycles. The third kappa shape index (κ3) is 6.22. The highest BCUT2D eigenvalue weighted by Gasteiger charge is 2.20. The van der Waals surface area contributed by atoms with Gasteiger partial charge in [-0.15, -0.1) is 24.8 Å². The molecule has 27 heavy (non-hydrogen) atoms. The molecular weight excluding hydrogens is 393 g/mol. The Morgan fingerprint density at radius 3 is 2.26 bits per heavy atom. The van der Waals surface area contributed by atoms with E-state index in [9.17, 15) is 0 Å². The largest absolute Gasteiger partial charge is 0.497 e. The van der Waals surface area contributed by atoms with E-state index in [1.165, 1.54) is 0 Å². The molecule has 0 radical (unpaired) electrons. The fourth-order valence-electron chi connectivity index (χ4n) is 2.99. The van der Waals surface area contributed by atoms with Crippen LogP contribution in [0.15, 0.2) is 22.7 Å². The molecule has 152 valence electrons. The molecule has 0 amide bonds. The number of nitrogens with two attached hydrogens (primary N) is 1. The molecule has 0 aliphatic carbocycles. The van der Waals surface area contributed by atoms with E-state index in [4.69, 9.17) is 19.7 Å². The molecule has 1 aliphatic heterocycles. The molecule has 0 bridgehead atoms. The molecule has 3 rings (SSSR count). The van der Waals surface area contributed by atoms with Crippen molar-refractivity contribution in [2.75, 3.05) is 40.4 Å². The van der Waals surface area contributed by atoms with E-state index in [0.29, 0.717) is 18.3 Å². The average molecular weight is 420 g/mol. The van der Waals surface area contributed by atoms with Crippen molar-refractivity contribution < 1.29 is 14.0 Å². The predicted molar refractivity (Wildman–Crippen MR) is 107 cm³/mol. The second-order valence-electron chi connectivity index (χ2n) is 6.04. The number of hydrogen-bond donors (Lipinski definition) is 1. The Labute approximate surface area is 171 Å². The molecule has 1 fully saturated rings. The first-order valence-corrected chi connectivity index (χ1v) is 8.39. The summed E-state index contributed by atoms with van der Waals surface area (Å²) in [5, 5.41) is 3.96. The summed E-state index contributed by atoms with van der Waals surface area (Å²) in [6.07, 6.45) is 0. The van der Waals surface area contributed by atoms with Gasteiger partial charge in [-0.1, -0.05) is 5.16 Å². The van der Waals surface area contributed by atoms with Gasteiger partial charge in [0.1, 0.15) is 11.5 Å². The van der Waals surface area contributed by atoms with Crippen LogP contribution in [0.25, 0.3) is 0 Å². The van der Waals surface area contributed by atoms with Gasteiger partial charge in [0.2, 0.25) is 5.89 Å². The molecule has 10 heteroatoms. The van der Waals surface area contributed by atoms with Crippen molar-refractivity contribution in [3.8, 4) is 11.5 Å². The number of piperazine rings is 1. The van der Waals surface area contributed by atoms with Gasteiger partial charge in [0.25, 0.3) is 0 Å². The van der Waals surface area contributed by atoms with E-state index in [-0.39, 0.29) is 31.4 Å². The van der Waals surface area contributed by atoms with Gasteiger partial charge in [0.15, 0.2) is 5.82 Å². The maximum Gasteiger partial charge on any atom is 0.240 e. The summed E-state index contributed by atoms with van der Waals surface area (Å²) in [7, 11) is 3.38. The van der Waals surface area contributed by atoms with Crippen LogP contribution in [0.4, 0.5) is 0 Å². The number of ether oxygens (including phenoxy) is 2. The highest BCUT2D eigenvalue weighted by Crippen LogP contribution is 2.25. The first-order valence-electron chi connectivity index (χ1n) is 8.39. The van der Waals surface area contributed by atoms with Crippen molar-refractivity contribution in [2.45, 2.75) is 19.6 Å². The Balaban J connectivity index is 0.00000182. The Kier molecular flexibility index (Phi) is 9.82. The monoisotopic (exact) mass is 419 g/mol. The minimum atomic E-state index is 0. The maximum absolute atomic E-state index is 5.50. The number of aromatic nitrogens is 2. The fourth-order valence-corrected chi connectivity index (χ4v) is 2.99. The average Bonchev–Trinajstić information content (AvgIpc) is 3.11. The third-order valence-corrected chi connectivity index (χ3v) is 4.40. The van der Waals surface area contributed by atoms with Crippen molar-refractivity contribution in [2.24, 2.45) is 5.73 Å². The van der Waals surface area contributed by atoms with Gasteiger partial charge in [-0.05, 0) is 18.2 Å². The SMILES string of the molecule is COc1ccc(OC)c(CN2CCN(Cc3noc(CN)n3)CC2)c1.Cl.Cl. The van der Waals surface area contributed by atoms with E-state index in [1.54, 1.807) is 14.2 Å². The Bertz CT molecular complexity index is 693. The van der Waals surface area contributed by atoms with Crippen LogP contribution in [0.1, 0.15) is 17.3 Å². The molecule has 8 nitrogen and oxygen atoms in total. The molecule has 1 aromatic heterocycles. The van der Waals surface area contributed by atoms with E-state index in [0.717, 1.165) is 49.8 Å². The van der Waals surface area contributed by atoms with Crippen LogP contribution in [0, 0.1) is 0 Å². The standard InChI is InChI=1S/C17H25N5O3.2ClH/c1-23-14-3-4-15(24-2)13(9-14)11-21-5-7-22(8-6-21)12-16-19-17(10-18)25-20-16;;/h3-4,9H,5-8,10-12,18H2,1-2H3;2*1H. The molecule has 2 aromatic rings. The lowest BCUT2D eigenvalue weighted by atomic mass is 10.1. The van der Waals surface area contributed by atoms with Crippen molar-refractivity contribution in [1.29, 1.82) is 0 Å². The Morgan fingerprint density at radius 2 is 1.70 bits per heavy atom. The lowest BCUT2D eigenvalue weighted by molar-refractivity contribution is 0.118. The summed E-state index contributed by atoms with van der Waals surface area (Å²) in [5.74, 6) is 2.92. The first kappa shape index (κ1) is 23.5. The molecule has 0 atom stereocenters. The van der Waals surface area contributed by atoms with Gasteiger partial charge >= 0.3 is 0 Å². The smallest absolute Gasteiger partial charge is 0.240 e. The van der Waals surface area contributed by atoms with E-state index >= 15 is 0 Å². The molecule has 0 unspecified atom stereocenters. The summed E-state index contributed by atoms with van der Waals surface area (Å²) in [6.45, 7) is 5.68. The van der Waals surface area contributed by atoms with Gasteiger partial charge in [-0.25, -0.2) is 0 Å². The zero-order chi connectivity index (χ0) is 17.6. The molecule has 2 N–H and O–H groups in total. The second kappa shape index (κ2) is 11.3. The van der Waals surface area contributed by atoms with Gasteiger partial charge in [-0.3, -0.25) is 9.80 Å². The number of rotatable bonds is 7. The highest BCUT2D eigenvalue weighted by molar-refractivity contribution is 5.85. The zero-order valence-corrected chi connectivity index (χ0v) is 17.2. The summed E-state index contributed by atoms with van der Waals surface area (Å²) in [6, 6.07) is 5.91. The van der Waals surface area contributed by atoms with Crippen molar-refractivity contribution in [3.05, 3.63) is 35.5 Å². The predicted octanol–water partition coefficient (Wildman–Crippen LogP) is 1.71. The summed E-state index contributed by atoms with van der Waals surface area (Å²) >= 11 is 0. The first-order chi connectivity index (χ1) is 12.2. The quantitative estimate of drug-likeness (QED) is 0.724. The van der Waals surface area contributed by atoms with Crippen molar-refractivity contribution in [3.63, 3.8) is 0 Å². The lowest BCUT2D eigenvalue weighted by Gasteiger charge is -2.34. The number of methoxy groups -OCH3 is 2. The highest BCUT2D eigenvalue weighted by atomic mass is 35.5. The number of halogens is 2. The number of hydrogen-bond acceptors (Lipinski definition) is 8. The van der Waals surface area contributed by atoms with E-state index in [2.05, 4.69) is 19.9 Å². The third-order valence-electron chi connectivity index (χ3n) is 4.40. The van der Waals surface area contributed by atoms with Crippen LogP contribution in [-0.4, -0.2) is 60.3 Å². The number of nitrogens with zero attached hydrogens (tertiary/aromatic N) is 4. The minimum absolute atomic E-state index is 0. The Morgan fingerprint density at radius 1 is 1.04 bits per heavy atom.